The second kappa shape index (κ2) is 11.9. The Morgan fingerprint density at radius 2 is 1.63 bits per heavy atom. The zero-order valence-corrected chi connectivity index (χ0v) is 17.0. The van der Waals surface area contributed by atoms with Crippen LogP contribution in [0.5, 0.6) is 0 Å². The van der Waals surface area contributed by atoms with Crippen molar-refractivity contribution in [2.24, 2.45) is 0 Å². The Labute approximate surface area is 164 Å². The summed E-state index contributed by atoms with van der Waals surface area (Å²) in [6, 6.07) is 7.55. The van der Waals surface area contributed by atoms with Crippen LogP contribution in [-0.2, 0) is 26.8 Å². The maximum Gasteiger partial charge on any atom is 0.237 e. The normalized spacial score (nSPS) is 16.3. The highest BCUT2D eigenvalue weighted by atomic mass is 32.2. The molecule has 1 aliphatic rings. The van der Waals surface area contributed by atoms with Gasteiger partial charge in [0.25, 0.3) is 0 Å². The second-order valence-corrected chi connectivity index (χ2v) is 8.39. The summed E-state index contributed by atoms with van der Waals surface area (Å²) in [5, 5.41) is 5.53. The molecule has 0 aromatic heterocycles. The van der Waals surface area contributed by atoms with E-state index in [0.29, 0.717) is 12.2 Å². The molecule has 1 aromatic carbocycles. The average molecular weight is 394 g/mol. The number of carbonyl (C=O) groups excluding carboxylic acids is 2. The summed E-state index contributed by atoms with van der Waals surface area (Å²) in [4.78, 5) is 26.3. The van der Waals surface area contributed by atoms with E-state index in [4.69, 9.17) is 0 Å². The fourth-order valence-corrected chi connectivity index (χ4v) is 3.99. The van der Waals surface area contributed by atoms with Gasteiger partial charge in [0.2, 0.25) is 11.8 Å². The molecule has 2 rings (SSSR count). The third kappa shape index (κ3) is 8.67. The second-order valence-electron chi connectivity index (χ2n) is 6.93. The highest BCUT2D eigenvalue weighted by Crippen LogP contribution is 2.10. The van der Waals surface area contributed by atoms with Crippen LogP contribution in [0.15, 0.2) is 24.3 Å². The van der Waals surface area contributed by atoms with E-state index < -0.39 is 10.8 Å². The van der Waals surface area contributed by atoms with Gasteiger partial charge in [0, 0.05) is 29.6 Å². The molecule has 2 N–H and O–H groups in total. The third-order valence-corrected chi connectivity index (χ3v) is 5.85. The van der Waals surface area contributed by atoms with E-state index in [1.54, 1.807) is 0 Å². The molecular formula is C20H31N3O3S. The van der Waals surface area contributed by atoms with Crippen LogP contribution in [0.1, 0.15) is 38.2 Å². The number of nitrogens with one attached hydrogen (secondary N) is 2. The predicted molar refractivity (Wildman–Crippen MR) is 110 cm³/mol. The Morgan fingerprint density at radius 3 is 2.26 bits per heavy atom. The molecule has 2 amide bonds. The van der Waals surface area contributed by atoms with Crippen LogP contribution >= 0.6 is 0 Å². The minimum absolute atomic E-state index is 0.137. The molecular weight excluding hydrogens is 362 g/mol. The smallest absolute Gasteiger partial charge is 0.237 e. The molecule has 0 radical (unpaired) electrons. The SMILES string of the molecule is CCc1ccc(NC(=O)C[S@](=O)CC(=O)NCCN2CCCCCC2)cc1. The number of amides is 2. The van der Waals surface area contributed by atoms with Crippen molar-refractivity contribution >= 4 is 28.3 Å². The van der Waals surface area contributed by atoms with Gasteiger partial charge < -0.3 is 15.5 Å². The number of anilines is 1. The largest absolute Gasteiger partial charge is 0.354 e. The molecule has 1 fully saturated rings. The van der Waals surface area contributed by atoms with E-state index in [1.165, 1.54) is 31.2 Å². The number of rotatable bonds is 9. The maximum atomic E-state index is 12.0. The highest BCUT2D eigenvalue weighted by Gasteiger charge is 2.13. The van der Waals surface area contributed by atoms with Crippen LogP contribution in [0.3, 0.4) is 0 Å². The lowest BCUT2D eigenvalue weighted by Gasteiger charge is -2.19. The summed E-state index contributed by atoms with van der Waals surface area (Å²) in [6.07, 6.45) is 5.94. The van der Waals surface area contributed by atoms with Crippen LogP contribution in [0.2, 0.25) is 0 Å². The monoisotopic (exact) mass is 393 g/mol. The number of carbonyl (C=O) groups is 2. The summed E-state index contributed by atoms with van der Waals surface area (Å²) in [6.45, 7) is 5.62. The van der Waals surface area contributed by atoms with Crippen molar-refractivity contribution in [2.75, 3.05) is 43.0 Å². The molecule has 150 valence electrons. The van der Waals surface area contributed by atoms with Crippen molar-refractivity contribution < 1.29 is 13.8 Å². The zero-order valence-electron chi connectivity index (χ0n) is 16.2. The van der Waals surface area contributed by atoms with Gasteiger partial charge in [0.15, 0.2) is 0 Å². The summed E-state index contributed by atoms with van der Waals surface area (Å²) in [5.74, 6) is -0.907. The van der Waals surface area contributed by atoms with Gasteiger partial charge in [-0.3, -0.25) is 13.8 Å². The lowest BCUT2D eigenvalue weighted by Crippen LogP contribution is -2.37. The summed E-state index contributed by atoms with van der Waals surface area (Å²) in [5.41, 5.74) is 1.87. The van der Waals surface area contributed by atoms with Crippen LogP contribution in [0, 0.1) is 0 Å². The number of likely N-dealkylation sites (tertiary alicyclic amines) is 1. The van der Waals surface area contributed by atoms with Crippen LogP contribution < -0.4 is 10.6 Å². The van der Waals surface area contributed by atoms with Gasteiger partial charge in [-0.25, -0.2) is 0 Å². The zero-order chi connectivity index (χ0) is 19.5. The van der Waals surface area contributed by atoms with Gasteiger partial charge in [-0.2, -0.15) is 0 Å². The number of benzene rings is 1. The van der Waals surface area contributed by atoms with Gasteiger partial charge in [-0.05, 0) is 50.0 Å². The van der Waals surface area contributed by atoms with Crippen molar-refractivity contribution in [1.29, 1.82) is 0 Å². The number of hydrogen-bond donors (Lipinski definition) is 2. The Morgan fingerprint density at radius 1 is 1.00 bits per heavy atom. The van der Waals surface area contributed by atoms with Gasteiger partial charge in [0.05, 0.1) is 0 Å². The minimum atomic E-state index is -1.51. The summed E-state index contributed by atoms with van der Waals surface area (Å²) in [7, 11) is -1.51. The predicted octanol–water partition coefficient (Wildman–Crippen LogP) is 1.93. The maximum absolute atomic E-state index is 12.0. The van der Waals surface area contributed by atoms with Crippen molar-refractivity contribution in [2.45, 2.75) is 39.0 Å². The molecule has 1 atom stereocenters. The van der Waals surface area contributed by atoms with Gasteiger partial charge in [0.1, 0.15) is 11.5 Å². The number of nitrogens with zero attached hydrogens (tertiary/aromatic N) is 1. The minimum Gasteiger partial charge on any atom is -0.354 e. The first kappa shape index (κ1) is 21.6. The molecule has 0 bridgehead atoms. The van der Waals surface area contributed by atoms with E-state index >= 15 is 0 Å². The molecule has 1 aliphatic heterocycles. The molecule has 27 heavy (non-hydrogen) atoms. The molecule has 1 saturated heterocycles. The fraction of sp³-hybridized carbons (Fsp3) is 0.600. The van der Waals surface area contributed by atoms with Crippen LogP contribution in [-0.4, -0.2) is 58.6 Å². The summed E-state index contributed by atoms with van der Waals surface area (Å²) >= 11 is 0. The molecule has 7 heteroatoms. The molecule has 0 saturated carbocycles. The molecule has 1 heterocycles. The van der Waals surface area contributed by atoms with Gasteiger partial charge in [-0.1, -0.05) is 31.9 Å². The van der Waals surface area contributed by atoms with Gasteiger partial charge >= 0.3 is 0 Å². The first-order chi connectivity index (χ1) is 13.1. The van der Waals surface area contributed by atoms with Crippen molar-refractivity contribution in [3.05, 3.63) is 29.8 Å². The van der Waals surface area contributed by atoms with Crippen molar-refractivity contribution in [3.8, 4) is 0 Å². The van der Waals surface area contributed by atoms with Crippen LogP contribution in [0.25, 0.3) is 0 Å². The Bertz CT molecular complexity index is 626. The fourth-order valence-electron chi connectivity index (χ4n) is 3.13. The Balaban J connectivity index is 1.63. The lowest BCUT2D eigenvalue weighted by atomic mass is 10.1. The molecule has 0 aliphatic carbocycles. The van der Waals surface area contributed by atoms with E-state index in [9.17, 15) is 13.8 Å². The average Bonchev–Trinajstić information content (AvgIpc) is 2.91. The summed E-state index contributed by atoms with van der Waals surface area (Å²) < 4.78 is 12.0. The highest BCUT2D eigenvalue weighted by molar-refractivity contribution is 7.86. The van der Waals surface area contributed by atoms with E-state index in [0.717, 1.165) is 26.1 Å². The quantitative estimate of drug-likeness (QED) is 0.672. The number of hydrogen-bond acceptors (Lipinski definition) is 4. The molecule has 0 unspecified atom stereocenters. The topological polar surface area (TPSA) is 78.5 Å². The van der Waals surface area contributed by atoms with E-state index in [2.05, 4.69) is 22.5 Å². The van der Waals surface area contributed by atoms with Crippen LogP contribution in [0.4, 0.5) is 5.69 Å². The third-order valence-electron chi connectivity index (χ3n) is 4.68. The Hall–Kier alpha value is -1.73. The van der Waals surface area contributed by atoms with E-state index in [1.807, 2.05) is 24.3 Å². The molecule has 6 nitrogen and oxygen atoms in total. The molecule has 1 aromatic rings. The standard InChI is InChI=1S/C20H31N3O3S/c1-2-17-7-9-18(10-8-17)22-20(25)16-27(26)15-19(24)21-11-14-23-12-5-3-4-6-13-23/h7-10H,2-6,11-16H2,1H3,(H,21,24)(H,22,25)/t27-/m1/s1. The van der Waals surface area contributed by atoms with Crippen molar-refractivity contribution in [1.82, 2.24) is 10.2 Å². The first-order valence-electron chi connectivity index (χ1n) is 9.79. The lowest BCUT2D eigenvalue weighted by molar-refractivity contribution is -0.118. The van der Waals surface area contributed by atoms with Gasteiger partial charge in [-0.15, -0.1) is 0 Å². The molecule has 0 spiro atoms. The first-order valence-corrected chi connectivity index (χ1v) is 11.3. The number of aryl methyl sites for hydroxylation is 1. The Kier molecular flexibility index (Phi) is 9.48. The van der Waals surface area contributed by atoms with Crippen molar-refractivity contribution in [3.63, 3.8) is 0 Å². The van der Waals surface area contributed by atoms with E-state index in [-0.39, 0.29) is 23.3 Å².